The fourth-order valence-electron chi connectivity index (χ4n) is 2.03. The second-order valence-electron chi connectivity index (χ2n) is 5.06. The zero-order valence-electron chi connectivity index (χ0n) is 10.6. The molecule has 18 heavy (non-hydrogen) atoms. The summed E-state index contributed by atoms with van der Waals surface area (Å²) in [5.74, 6) is 1.36. The van der Waals surface area contributed by atoms with Crippen molar-refractivity contribution in [1.29, 1.82) is 0 Å². The van der Waals surface area contributed by atoms with Gasteiger partial charge in [0.2, 0.25) is 5.90 Å². The lowest BCUT2D eigenvalue weighted by Gasteiger charge is -2.11. The van der Waals surface area contributed by atoms with Gasteiger partial charge in [-0.2, -0.15) is 0 Å². The van der Waals surface area contributed by atoms with Crippen LogP contribution >= 0.6 is 0 Å². The highest BCUT2D eigenvalue weighted by Crippen LogP contribution is 2.30. The lowest BCUT2D eigenvalue weighted by molar-refractivity contribution is 0.384. The Bertz CT molecular complexity index is 668. The summed E-state index contributed by atoms with van der Waals surface area (Å²) in [6.07, 6.45) is 0. The molecule has 2 aromatic rings. The molecule has 2 nitrogen and oxygen atoms in total. The minimum absolute atomic E-state index is 0.332. The SMILES string of the molecule is C=C1OC(c2ccc3ccccc3c2)=NC1(C)C. The fraction of sp³-hybridized carbons (Fsp3) is 0.188. The molecule has 0 atom stereocenters. The van der Waals surface area contributed by atoms with Gasteiger partial charge in [0.15, 0.2) is 0 Å². The molecular formula is C16H15NO. The molecule has 1 aliphatic rings. The summed E-state index contributed by atoms with van der Waals surface area (Å²) in [4.78, 5) is 4.57. The maximum atomic E-state index is 5.67. The van der Waals surface area contributed by atoms with Gasteiger partial charge in [0.25, 0.3) is 0 Å². The molecule has 2 heteroatoms. The van der Waals surface area contributed by atoms with Crippen molar-refractivity contribution in [3.63, 3.8) is 0 Å². The van der Waals surface area contributed by atoms with Crippen LogP contribution in [0.3, 0.4) is 0 Å². The molecule has 0 unspecified atom stereocenters. The highest BCUT2D eigenvalue weighted by Gasteiger charge is 2.31. The number of hydrogen-bond donors (Lipinski definition) is 0. The normalized spacial score (nSPS) is 17.7. The molecule has 90 valence electrons. The summed E-state index contributed by atoms with van der Waals surface area (Å²) in [5, 5.41) is 2.41. The Morgan fingerprint density at radius 1 is 1.06 bits per heavy atom. The summed E-state index contributed by atoms with van der Waals surface area (Å²) < 4.78 is 5.67. The van der Waals surface area contributed by atoms with Crippen molar-refractivity contribution in [2.45, 2.75) is 19.4 Å². The van der Waals surface area contributed by atoms with E-state index in [9.17, 15) is 0 Å². The Morgan fingerprint density at radius 2 is 1.78 bits per heavy atom. The molecule has 0 spiro atoms. The van der Waals surface area contributed by atoms with Gasteiger partial charge in [0.05, 0.1) is 0 Å². The largest absolute Gasteiger partial charge is 0.441 e. The van der Waals surface area contributed by atoms with Crippen LogP contribution in [-0.2, 0) is 4.74 Å². The van der Waals surface area contributed by atoms with E-state index in [2.05, 4.69) is 35.8 Å². The molecule has 0 amide bonds. The Hall–Kier alpha value is -2.09. The summed E-state index contributed by atoms with van der Waals surface area (Å²) in [6.45, 7) is 7.91. The van der Waals surface area contributed by atoms with Crippen LogP contribution in [0.25, 0.3) is 10.8 Å². The maximum Gasteiger partial charge on any atom is 0.222 e. The lowest BCUT2D eigenvalue weighted by Crippen LogP contribution is -2.14. The summed E-state index contributed by atoms with van der Waals surface area (Å²) in [7, 11) is 0. The van der Waals surface area contributed by atoms with Crippen molar-refractivity contribution in [1.82, 2.24) is 0 Å². The van der Waals surface area contributed by atoms with Crippen molar-refractivity contribution >= 4 is 16.7 Å². The monoisotopic (exact) mass is 237 g/mol. The quantitative estimate of drug-likeness (QED) is 0.737. The van der Waals surface area contributed by atoms with Gasteiger partial charge in [-0.15, -0.1) is 0 Å². The van der Waals surface area contributed by atoms with Gasteiger partial charge in [0, 0.05) is 5.56 Å². The van der Waals surface area contributed by atoms with E-state index in [4.69, 9.17) is 4.74 Å². The molecule has 0 aromatic heterocycles. The molecule has 0 saturated heterocycles. The van der Waals surface area contributed by atoms with Crippen LogP contribution in [0.1, 0.15) is 19.4 Å². The average Bonchev–Trinajstić information content (AvgIpc) is 2.63. The van der Waals surface area contributed by atoms with Crippen LogP contribution in [0.4, 0.5) is 0 Å². The van der Waals surface area contributed by atoms with E-state index >= 15 is 0 Å². The predicted octanol–water partition coefficient (Wildman–Crippen LogP) is 3.91. The molecule has 0 saturated carbocycles. The summed E-state index contributed by atoms with van der Waals surface area (Å²) >= 11 is 0. The lowest BCUT2D eigenvalue weighted by atomic mass is 10.1. The highest BCUT2D eigenvalue weighted by atomic mass is 16.5. The van der Waals surface area contributed by atoms with Crippen LogP contribution < -0.4 is 0 Å². The van der Waals surface area contributed by atoms with Crippen molar-refractivity contribution in [2.75, 3.05) is 0 Å². The maximum absolute atomic E-state index is 5.67. The van der Waals surface area contributed by atoms with Gasteiger partial charge in [-0.1, -0.05) is 36.9 Å². The fourth-order valence-corrected chi connectivity index (χ4v) is 2.03. The first-order valence-corrected chi connectivity index (χ1v) is 6.02. The third-order valence-corrected chi connectivity index (χ3v) is 3.28. The van der Waals surface area contributed by atoms with Crippen molar-refractivity contribution < 1.29 is 4.74 Å². The molecule has 0 N–H and O–H groups in total. The van der Waals surface area contributed by atoms with Crippen LogP contribution in [0.5, 0.6) is 0 Å². The smallest absolute Gasteiger partial charge is 0.222 e. The van der Waals surface area contributed by atoms with E-state index in [1.54, 1.807) is 0 Å². The number of rotatable bonds is 1. The highest BCUT2D eigenvalue weighted by molar-refractivity contribution is 6.00. The van der Waals surface area contributed by atoms with E-state index in [0.717, 1.165) is 5.56 Å². The number of hydrogen-bond acceptors (Lipinski definition) is 2. The molecule has 0 radical (unpaired) electrons. The van der Waals surface area contributed by atoms with E-state index in [-0.39, 0.29) is 5.54 Å². The first-order valence-electron chi connectivity index (χ1n) is 6.02. The molecular weight excluding hydrogens is 222 g/mol. The van der Waals surface area contributed by atoms with Crippen LogP contribution in [0.15, 0.2) is 59.8 Å². The Balaban J connectivity index is 2.09. The number of nitrogens with zero attached hydrogens (tertiary/aromatic N) is 1. The van der Waals surface area contributed by atoms with Gasteiger partial charge in [-0.25, -0.2) is 4.99 Å². The summed E-state index contributed by atoms with van der Waals surface area (Å²) in [5.41, 5.74) is 0.668. The Morgan fingerprint density at radius 3 is 2.44 bits per heavy atom. The van der Waals surface area contributed by atoms with Crippen molar-refractivity contribution in [3.05, 3.63) is 60.4 Å². The number of aliphatic imine (C=N–C) groups is 1. The molecule has 0 aliphatic carbocycles. The standard InChI is InChI=1S/C16H15NO/c1-11-16(2,3)17-15(18-11)14-9-8-12-6-4-5-7-13(12)10-14/h4-10H,1H2,2-3H3. The minimum Gasteiger partial charge on any atom is -0.441 e. The van der Waals surface area contributed by atoms with Gasteiger partial charge >= 0.3 is 0 Å². The molecule has 1 heterocycles. The van der Waals surface area contributed by atoms with Gasteiger partial charge in [0.1, 0.15) is 11.3 Å². The topological polar surface area (TPSA) is 21.6 Å². The zero-order chi connectivity index (χ0) is 12.8. The minimum atomic E-state index is -0.332. The van der Waals surface area contributed by atoms with E-state index in [1.165, 1.54) is 10.8 Å². The first kappa shape index (κ1) is 11.0. The average molecular weight is 237 g/mol. The molecule has 1 aliphatic heterocycles. The number of fused-ring (bicyclic) bond motifs is 1. The van der Waals surface area contributed by atoms with Crippen LogP contribution in [0, 0.1) is 0 Å². The van der Waals surface area contributed by atoms with Crippen LogP contribution in [-0.4, -0.2) is 11.4 Å². The van der Waals surface area contributed by atoms with Gasteiger partial charge in [-0.3, -0.25) is 0 Å². The molecule has 0 fully saturated rings. The molecule has 2 aromatic carbocycles. The van der Waals surface area contributed by atoms with Crippen LogP contribution in [0.2, 0.25) is 0 Å². The third-order valence-electron chi connectivity index (χ3n) is 3.28. The van der Waals surface area contributed by atoms with E-state index in [1.807, 2.05) is 32.0 Å². The van der Waals surface area contributed by atoms with E-state index < -0.39 is 0 Å². The summed E-state index contributed by atoms with van der Waals surface area (Å²) in [6, 6.07) is 14.5. The Kier molecular flexibility index (Phi) is 2.27. The van der Waals surface area contributed by atoms with Crippen molar-refractivity contribution in [2.24, 2.45) is 4.99 Å². The molecule has 3 rings (SSSR count). The van der Waals surface area contributed by atoms with Gasteiger partial charge < -0.3 is 4.74 Å². The second kappa shape index (κ2) is 3.70. The molecule has 0 bridgehead atoms. The third kappa shape index (κ3) is 1.70. The van der Waals surface area contributed by atoms with Gasteiger partial charge in [-0.05, 0) is 36.8 Å². The predicted molar refractivity (Wildman–Crippen MR) is 74.8 cm³/mol. The van der Waals surface area contributed by atoms with E-state index in [0.29, 0.717) is 11.7 Å². The zero-order valence-corrected chi connectivity index (χ0v) is 10.6. The number of ether oxygens (including phenoxy) is 1. The van der Waals surface area contributed by atoms with Crippen molar-refractivity contribution in [3.8, 4) is 0 Å². The number of benzene rings is 2. The Labute approximate surface area is 107 Å². The first-order chi connectivity index (χ1) is 8.56. The second-order valence-corrected chi connectivity index (χ2v) is 5.06.